The summed E-state index contributed by atoms with van der Waals surface area (Å²) in [6.07, 6.45) is 0.0103. The molecule has 0 bridgehead atoms. The Morgan fingerprint density at radius 2 is 2.20 bits per heavy atom. The summed E-state index contributed by atoms with van der Waals surface area (Å²) in [5.41, 5.74) is 0.0364. The molecule has 0 aliphatic carbocycles. The Morgan fingerprint density at radius 1 is 1.40 bits per heavy atom. The Balaban J connectivity index is 2.20. The van der Waals surface area contributed by atoms with Crippen molar-refractivity contribution in [2.75, 3.05) is 0 Å². The molecule has 102 valence electrons. The number of rotatable bonds is 3. The molecule has 3 heterocycles. The quantitative estimate of drug-likeness (QED) is 0.797. The zero-order valence-corrected chi connectivity index (χ0v) is 9.83. The summed E-state index contributed by atoms with van der Waals surface area (Å²) >= 11 is 0. The molecular weight excluding hydrogens is 272 g/mol. The molecule has 6 nitrogen and oxygen atoms in total. The predicted molar refractivity (Wildman–Crippen MR) is 62.6 cm³/mol. The molecule has 0 atom stereocenters. The van der Waals surface area contributed by atoms with Gasteiger partial charge in [-0.2, -0.15) is 5.10 Å². The lowest BCUT2D eigenvalue weighted by Crippen LogP contribution is -1.99. The fraction of sp³-hybridized carbons (Fsp3) is 0.0833. The molecule has 0 saturated heterocycles. The molecule has 3 aromatic rings. The van der Waals surface area contributed by atoms with Crippen LogP contribution >= 0.6 is 0 Å². The van der Waals surface area contributed by atoms with E-state index >= 15 is 0 Å². The third kappa shape index (κ3) is 1.81. The Hall–Kier alpha value is -2.77. The number of alkyl halides is 2. The van der Waals surface area contributed by atoms with Gasteiger partial charge in [-0.1, -0.05) is 6.07 Å². The lowest BCUT2D eigenvalue weighted by molar-refractivity contribution is 0.0647. The Morgan fingerprint density at radius 3 is 2.85 bits per heavy atom. The minimum Gasteiger partial charge on any atom is -0.475 e. The zero-order valence-electron chi connectivity index (χ0n) is 9.83. The van der Waals surface area contributed by atoms with E-state index in [2.05, 4.69) is 10.1 Å². The second kappa shape index (κ2) is 4.41. The molecule has 3 aromatic heterocycles. The number of carboxylic acids is 1. The van der Waals surface area contributed by atoms with E-state index in [4.69, 9.17) is 9.52 Å². The molecule has 20 heavy (non-hydrogen) atoms. The van der Waals surface area contributed by atoms with Crippen molar-refractivity contribution in [1.82, 2.24) is 14.6 Å². The van der Waals surface area contributed by atoms with Crippen molar-refractivity contribution < 1.29 is 23.1 Å². The topological polar surface area (TPSA) is 80.6 Å². The molecule has 0 fully saturated rings. The van der Waals surface area contributed by atoms with Gasteiger partial charge in [0.15, 0.2) is 5.69 Å². The van der Waals surface area contributed by atoms with E-state index in [1.54, 1.807) is 24.4 Å². The number of hydrogen-bond acceptors (Lipinski definition) is 4. The highest BCUT2D eigenvalue weighted by atomic mass is 19.3. The fourth-order valence-corrected chi connectivity index (χ4v) is 1.85. The summed E-state index contributed by atoms with van der Waals surface area (Å²) in [6.45, 7) is 0. The number of nitrogens with zero attached hydrogens (tertiary/aromatic N) is 3. The summed E-state index contributed by atoms with van der Waals surface area (Å²) < 4.78 is 31.9. The Kier molecular flexibility index (Phi) is 2.70. The van der Waals surface area contributed by atoms with Gasteiger partial charge in [-0.25, -0.2) is 23.1 Å². The third-order valence-electron chi connectivity index (χ3n) is 2.71. The van der Waals surface area contributed by atoms with Gasteiger partial charge in [-0.05, 0) is 12.1 Å². The van der Waals surface area contributed by atoms with Crippen LogP contribution in [0.3, 0.4) is 0 Å². The van der Waals surface area contributed by atoms with Gasteiger partial charge >= 0.3 is 5.97 Å². The number of carboxylic acid groups (broad SMARTS) is 1. The smallest absolute Gasteiger partial charge is 0.374 e. The van der Waals surface area contributed by atoms with Gasteiger partial charge in [0.2, 0.25) is 11.7 Å². The van der Waals surface area contributed by atoms with Gasteiger partial charge < -0.3 is 9.52 Å². The van der Waals surface area contributed by atoms with Crippen molar-refractivity contribution in [2.45, 2.75) is 6.43 Å². The molecule has 0 aromatic carbocycles. The average molecular weight is 279 g/mol. The number of carbonyl (C=O) groups is 1. The van der Waals surface area contributed by atoms with E-state index in [0.717, 1.165) is 0 Å². The largest absolute Gasteiger partial charge is 0.475 e. The average Bonchev–Trinajstić information content (AvgIpc) is 3.02. The van der Waals surface area contributed by atoms with Crippen molar-refractivity contribution in [3.63, 3.8) is 0 Å². The maximum Gasteiger partial charge on any atom is 0.374 e. The molecule has 0 spiro atoms. The van der Waals surface area contributed by atoms with Crippen LogP contribution in [0.1, 0.15) is 22.7 Å². The first kappa shape index (κ1) is 12.3. The van der Waals surface area contributed by atoms with Gasteiger partial charge in [0.1, 0.15) is 0 Å². The van der Waals surface area contributed by atoms with E-state index in [0.29, 0.717) is 11.1 Å². The van der Waals surface area contributed by atoms with E-state index in [1.165, 1.54) is 10.7 Å². The van der Waals surface area contributed by atoms with Crippen LogP contribution < -0.4 is 0 Å². The van der Waals surface area contributed by atoms with Crippen LogP contribution in [0.5, 0.6) is 0 Å². The Labute approximate surface area is 110 Å². The first-order chi connectivity index (χ1) is 9.58. The summed E-state index contributed by atoms with van der Waals surface area (Å²) in [6, 6.07) is 5.16. The van der Waals surface area contributed by atoms with E-state index in [-0.39, 0.29) is 5.89 Å². The highest BCUT2D eigenvalue weighted by Crippen LogP contribution is 2.30. The van der Waals surface area contributed by atoms with Crippen LogP contribution in [-0.2, 0) is 0 Å². The number of oxazole rings is 1. The van der Waals surface area contributed by atoms with Crippen LogP contribution in [-0.4, -0.2) is 25.7 Å². The SMILES string of the molecule is O=C(O)c1oc(-c2cnn3ccccc23)nc1C(F)F. The number of halogens is 2. The number of fused-ring (bicyclic) bond motifs is 1. The zero-order chi connectivity index (χ0) is 14.3. The Bertz CT molecular complexity index is 794. The molecule has 0 aliphatic rings. The lowest BCUT2D eigenvalue weighted by Gasteiger charge is -1.93. The van der Waals surface area contributed by atoms with E-state index in [1.807, 2.05) is 0 Å². The van der Waals surface area contributed by atoms with Crippen molar-refractivity contribution in [3.8, 4) is 11.5 Å². The van der Waals surface area contributed by atoms with Gasteiger partial charge in [0.05, 0.1) is 17.3 Å². The van der Waals surface area contributed by atoms with Crippen LogP contribution in [0.25, 0.3) is 17.0 Å². The van der Waals surface area contributed by atoms with Crippen LogP contribution in [0.2, 0.25) is 0 Å². The van der Waals surface area contributed by atoms with Gasteiger partial charge in [-0.3, -0.25) is 0 Å². The summed E-state index contributed by atoms with van der Waals surface area (Å²) in [7, 11) is 0. The highest BCUT2D eigenvalue weighted by molar-refractivity contribution is 5.87. The lowest BCUT2D eigenvalue weighted by atomic mass is 10.2. The molecule has 0 aliphatic heterocycles. The normalized spacial score (nSPS) is 11.3. The molecule has 0 amide bonds. The number of pyridine rings is 1. The van der Waals surface area contributed by atoms with Crippen molar-refractivity contribution in [3.05, 3.63) is 42.0 Å². The molecular formula is C12H7F2N3O3. The number of hydrogen-bond donors (Lipinski definition) is 1. The predicted octanol–water partition coefficient (Wildman–Crippen LogP) is 2.63. The van der Waals surface area contributed by atoms with E-state index in [9.17, 15) is 13.6 Å². The molecule has 1 N–H and O–H groups in total. The number of aromatic carboxylic acids is 1. The third-order valence-corrected chi connectivity index (χ3v) is 2.71. The first-order valence-electron chi connectivity index (χ1n) is 5.53. The first-order valence-corrected chi connectivity index (χ1v) is 5.53. The highest BCUT2D eigenvalue weighted by Gasteiger charge is 2.27. The van der Waals surface area contributed by atoms with Gasteiger partial charge in [0.25, 0.3) is 6.43 Å². The maximum absolute atomic E-state index is 12.8. The van der Waals surface area contributed by atoms with Crippen molar-refractivity contribution in [2.24, 2.45) is 0 Å². The van der Waals surface area contributed by atoms with Gasteiger partial charge in [-0.15, -0.1) is 0 Å². The second-order valence-corrected chi connectivity index (χ2v) is 3.93. The minimum atomic E-state index is -3.03. The minimum absolute atomic E-state index is 0.195. The number of aromatic nitrogens is 3. The summed E-state index contributed by atoms with van der Waals surface area (Å²) in [4.78, 5) is 14.5. The summed E-state index contributed by atoms with van der Waals surface area (Å²) in [5, 5.41) is 12.9. The fourth-order valence-electron chi connectivity index (χ4n) is 1.85. The van der Waals surface area contributed by atoms with Crippen molar-refractivity contribution in [1.29, 1.82) is 0 Å². The van der Waals surface area contributed by atoms with Crippen LogP contribution in [0.15, 0.2) is 35.0 Å². The van der Waals surface area contributed by atoms with Gasteiger partial charge in [0, 0.05) is 6.20 Å². The van der Waals surface area contributed by atoms with Crippen molar-refractivity contribution >= 4 is 11.5 Å². The molecule has 3 rings (SSSR count). The molecule has 0 saturated carbocycles. The standard InChI is InChI=1S/C12H7F2N3O3/c13-10(14)8-9(12(18)19)20-11(16-8)6-5-15-17-4-2-1-3-7(6)17/h1-5,10H,(H,18,19). The summed E-state index contributed by atoms with van der Waals surface area (Å²) in [5.74, 6) is -2.64. The monoisotopic (exact) mass is 279 g/mol. The maximum atomic E-state index is 12.8. The van der Waals surface area contributed by atoms with Crippen LogP contribution in [0.4, 0.5) is 8.78 Å². The van der Waals surface area contributed by atoms with Crippen LogP contribution in [0, 0.1) is 0 Å². The second-order valence-electron chi connectivity index (χ2n) is 3.93. The molecule has 8 heteroatoms. The molecule has 0 unspecified atom stereocenters. The molecule has 0 radical (unpaired) electrons. The van der Waals surface area contributed by atoms with E-state index < -0.39 is 23.8 Å².